The Bertz CT molecular complexity index is 816. The highest BCUT2D eigenvalue weighted by Gasteiger charge is 2.16. The van der Waals surface area contributed by atoms with Crippen LogP contribution in [0.2, 0.25) is 0 Å². The Morgan fingerprint density at radius 3 is 2.35 bits per heavy atom. The molecule has 0 aliphatic rings. The lowest BCUT2D eigenvalue weighted by Crippen LogP contribution is -2.22. The molecule has 2 rings (SSSR count). The summed E-state index contributed by atoms with van der Waals surface area (Å²) in [6.45, 7) is 3.54. The third-order valence-electron chi connectivity index (χ3n) is 4.16. The molecule has 2 aromatic rings. The first-order valence-electron chi connectivity index (χ1n) is 8.21. The van der Waals surface area contributed by atoms with E-state index in [1.54, 1.807) is 33.3 Å². The number of carboxylic acid groups (broad SMARTS) is 1. The molecular weight excluding hydrogens is 334 g/mol. The molecule has 2 N–H and O–H groups in total. The van der Waals surface area contributed by atoms with Crippen molar-refractivity contribution < 1.29 is 24.2 Å². The Labute approximate surface area is 152 Å². The van der Waals surface area contributed by atoms with Crippen LogP contribution in [0.1, 0.15) is 28.4 Å². The molecule has 1 atom stereocenters. The van der Waals surface area contributed by atoms with Gasteiger partial charge in [-0.2, -0.15) is 0 Å². The molecule has 0 radical (unpaired) electrons. The highest BCUT2D eigenvalue weighted by molar-refractivity contribution is 5.94. The van der Waals surface area contributed by atoms with E-state index in [2.05, 4.69) is 5.32 Å². The number of nitrogens with one attached hydrogen (secondary N) is 1. The van der Waals surface area contributed by atoms with Gasteiger partial charge in [-0.1, -0.05) is 13.0 Å². The molecule has 138 valence electrons. The van der Waals surface area contributed by atoms with Crippen LogP contribution in [0.5, 0.6) is 11.5 Å². The zero-order chi connectivity index (χ0) is 19.3. The summed E-state index contributed by atoms with van der Waals surface area (Å²) in [5.41, 5.74) is 2.36. The van der Waals surface area contributed by atoms with Gasteiger partial charge in [0.25, 0.3) is 0 Å². The lowest BCUT2D eigenvalue weighted by Gasteiger charge is -2.15. The average Bonchev–Trinajstić information content (AvgIpc) is 2.61. The zero-order valence-electron chi connectivity index (χ0n) is 15.3. The normalized spacial score (nSPS) is 11.5. The van der Waals surface area contributed by atoms with Gasteiger partial charge in [-0.25, -0.2) is 4.79 Å². The second-order valence-electron chi connectivity index (χ2n) is 6.12. The number of aromatic carboxylic acids is 1. The molecule has 0 saturated carbocycles. The number of ether oxygens (including phenoxy) is 2. The van der Waals surface area contributed by atoms with Gasteiger partial charge in [0.1, 0.15) is 0 Å². The van der Waals surface area contributed by atoms with Crippen molar-refractivity contribution in [2.24, 2.45) is 5.92 Å². The van der Waals surface area contributed by atoms with Crippen molar-refractivity contribution in [3.8, 4) is 11.5 Å². The summed E-state index contributed by atoms with van der Waals surface area (Å²) in [5, 5.41) is 11.9. The smallest absolute Gasteiger partial charge is 0.335 e. The van der Waals surface area contributed by atoms with E-state index in [0.29, 0.717) is 29.2 Å². The van der Waals surface area contributed by atoms with Crippen molar-refractivity contribution in [1.29, 1.82) is 0 Å². The summed E-state index contributed by atoms with van der Waals surface area (Å²) >= 11 is 0. The van der Waals surface area contributed by atoms with E-state index in [1.807, 2.05) is 25.1 Å². The number of rotatable bonds is 7. The van der Waals surface area contributed by atoms with Crippen LogP contribution in [-0.4, -0.2) is 31.2 Å². The van der Waals surface area contributed by atoms with Gasteiger partial charge in [-0.3, -0.25) is 4.79 Å². The van der Waals surface area contributed by atoms with E-state index < -0.39 is 5.97 Å². The second kappa shape index (κ2) is 8.38. The van der Waals surface area contributed by atoms with E-state index in [1.165, 1.54) is 6.07 Å². The van der Waals surface area contributed by atoms with Crippen molar-refractivity contribution in [3.05, 3.63) is 53.1 Å². The Kier molecular flexibility index (Phi) is 6.22. The SMILES string of the molecule is COc1ccc(CC(C)C(=O)Nc2ccc(C(=O)O)c(C)c2)cc1OC. The fraction of sp³-hybridized carbons (Fsp3) is 0.300. The number of amides is 1. The van der Waals surface area contributed by atoms with Crippen LogP contribution in [0.4, 0.5) is 5.69 Å². The highest BCUT2D eigenvalue weighted by Crippen LogP contribution is 2.28. The number of benzene rings is 2. The maximum Gasteiger partial charge on any atom is 0.335 e. The average molecular weight is 357 g/mol. The second-order valence-corrected chi connectivity index (χ2v) is 6.12. The minimum absolute atomic E-state index is 0.137. The molecule has 0 saturated heterocycles. The molecule has 26 heavy (non-hydrogen) atoms. The molecule has 0 aliphatic heterocycles. The van der Waals surface area contributed by atoms with Crippen LogP contribution in [0.15, 0.2) is 36.4 Å². The molecule has 0 aromatic heterocycles. The van der Waals surface area contributed by atoms with Crippen molar-refractivity contribution in [3.63, 3.8) is 0 Å². The zero-order valence-corrected chi connectivity index (χ0v) is 15.3. The van der Waals surface area contributed by atoms with E-state index in [4.69, 9.17) is 14.6 Å². The number of anilines is 1. The van der Waals surface area contributed by atoms with Crippen LogP contribution in [-0.2, 0) is 11.2 Å². The number of carboxylic acids is 1. The maximum absolute atomic E-state index is 12.4. The molecule has 0 spiro atoms. The van der Waals surface area contributed by atoms with Gasteiger partial charge in [0.2, 0.25) is 5.91 Å². The summed E-state index contributed by atoms with van der Waals surface area (Å²) in [5.74, 6) is -0.128. The minimum Gasteiger partial charge on any atom is -0.493 e. The number of hydrogen-bond donors (Lipinski definition) is 2. The number of carbonyl (C=O) groups excluding carboxylic acids is 1. The monoisotopic (exact) mass is 357 g/mol. The summed E-state index contributed by atoms with van der Waals surface area (Å²) in [6.07, 6.45) is 0.540. The first-order valence-corrected chi connectivity index (χ1v) is 8.21. The van der Waals surface area contributed by atoms with Crippen molar-refractivity contribution >= 4 is 17.6 Å². The minimum atomic E-state index is -0.984. The van der Waals surface area contributed by atoms with Crippen LogP contribution in [0, 0.1) is 12.8 Å². The van der Waals surface area contributed by atoms with Crippen molar-refractivity contribution in [1.82, 2.24) is 0 Å². The van der Waals surface area contributed by atoms with Gasteiger partial charge in [-0.05, 0) is 54.8 Å². The van der Waals surface area contributed by atoms with E-state index >= 15 is 0 Å². The maximum atomic E-state index is 12.4. The predicted octanol–water partition coefficient (Wildman–Crippen LogP) is 3.53. The fourth-order valence-electron chi connectivity index (χ4n) is 2.70. The summed E-state index contributed by atoms with van der Waals surface area (Å²) in [7, 11) is 3.14. The molecule has 1 amide bonds. The third kappa shape index (κ3) is 4.53. The Morgan fingerprint density at radius 2 is 1.77 bits per heavy atom. The fourth-order valence-corrected chi connectivity index (χ4v) is 2.70. The van der Waals surface area contributed by atoms with Gasteiger partial charge < -0.3 is 19.9 Å². The van der Waals surface area contributed by atoms with Gasteiger partial charge in [0, 0.05) is 11.6 Å². The number of carbonyl (C=O) groups is 2. The van der Waals surface area contributed by atoms with Crippen LogP contribution in [0.25, 0.3) is 0 Å². The van der Waals surface area contributed by atoms with Crippen molar-refractivity contribution in [2.75, 3.05) is 19.5 Å². The number of hydrogen-bond acceptors (Lipinski definition) is 4. The third-order valence-corrected chi connectivity index (χ3v) is 4.16. The van der Waals surface area contributed by atoms with E-state index in [0.717, 1.165) is 5.56 Å². The Balaban J connectivity index is 2.06. The first-order chi connectivity index (χ1) is 12.3. The quantitative estimate of drug-likeness (QED) is 0.792. The Morgan fingerprint density at radius 1 is 1.08 bits per heavy atom. The van der Waals surface area contributed by atoms with Gasteiger partial charge in [-0.15, -0.1) is 0 Å². The molecule has 0 aliphatic carbocycles. The molecule has 6 nitrogen and oxygen atoms in total. The molecular formula is C20H23NO5. The van der Waals surface area contributed by atoms with Gasteiger partial charge >= 0.3 is 5.97 Å². The summed E-state index contributed by atoms with van der Waals surface area (Å²) in [4.78, 5) is 23.5. The summed E-state index contributed by atoms with van der Waals surface area (Å²) in [6, 6.07) is 10.3. The molecule has 1 unspecified atom stereocenters. The van der Waals surface area contributed by atoms with Crippen LogP contribution < -0.4 is 14.8 Å². The first kappa shape index (κ1) is 19.3. The van der Waals surface area contributed by atoms with E-state index in [-0.39, 0.29) is 17.4 Å². The lowest BCUT2D eigenvalue weighted by atomic mass is 9.99. The largest absolute Gasteiger partial charge is 0.493 e. The standard InChI is InChI=1S/C20H23NO5/c1-12-10-15(6-7-16(12)20(23)24)21-19(22)13(2)9-14-5-8-17(25-3)18(11-14)26-4/h5-8,10-11,13H,9H2,1-4H3,(H,21,22)(H,23,24). The highest BCUT2D eigenvalue weighted by atomic mass is 16.5. The van der Waals surface area contributed by atoms with Crippen LogP contribution >= 0.6 is 0 Å². The molecule has 0 fully saturated rings. The lowest BCUT2D eigenvalue weighted by molar-refractivity contribution is -0.119. The molecule has 0 bridgehead atoms. The summed E-state index contributed by atoms with van der Waals surface area (Å²) < 4.78 is 10.5. The topological polar surface area (TPSA) is 84.9 Å². The van der Waals surface area contributed by atoms with Gasteiger partial charge in [0.05, 0.1) is 19.8 Å². The number of methoxy groups -OCH3 is 2. The Hall–Kier alpha value is -3.02. The van der Waals surface area contributed by atoms with Crippen LogP contribution in [0.3, 0.4) is 0 Å². The predicted molar refractivity (Wildman–Crippen MR) is 99.2 cm³/mol. The molecule has 2 aromatic carbocycles. The molecule has 0 heterocycles. The van der Waals surface area contributed by atoms with E-state index in [9.17, 15) is 9.59 Å². The van der Waals surface area contributed by atoms with Crippen molar-refractivity contribution in [2.45, 2.75) is 20.3 Å². The molecule has 6 heteroatoms. The van der Waals surface area contributed by atoms with Gasteiger partial charge in [0.15, 0.2) is 11.5 Å². The number of aryl methyl sites for hydroxylation is 1.